The van der Waals surface area contributed by atoms with Crippen molar-refractivity contribution >= 4 is 11.6 Å². The molecule has 0 spiro atoms. The average Bonchev–Trinajstić information content (AvgIpc) is 2.87. The maximum absolute atomic E-state index is 12.4. The minimum atomic E-state index is -0.218. The van der Waals surface area contributed by atoms with Crippen LogP contribution in [-0.4, -0.2) is 23.6 Å². The quantitative estimate of drug-likeness (QED) is 0.940. The predicted molar refractivity (Wildman–Crippen MR) is 88.3 cm³/mol. The van der Waals surface area contributed by atoms with Crippen molar-refractivity contribution in [2.24, 2.45) is 0 Å². The van der Waals surface area contributed by atoms with Crippen LogP contribution in [0, 0.1) is 6.92 Å². The van der Waals surface area contributed by atoms with E-state index < -0.39 is 0 Å². The number of carbonyl (C=O) groups excluding carboxylic acids is 1. The molecule has 1 N–H and O–H groups in total. The minimum Gasteiger partial charge on any atom is -0.492 e. The second kappa shape index (κ2) is 6.28. The van der Waals surface area contributed by atoms with Gasteiger partial charge in [-0.05, 0) is 39.0 Å². The van der Waals surface area contributed by atoms with Gasteiger partial charge in [-0.25, -0.2) is 0 Å². The van der Waals surface area contributed by atoms with Crippen LogP contribution < -0.4 is 14.8 Å². The number of anilines is 1. The topological polar surface area (TPSA) is 60.5 Å². The van der Waals surface area contributed by atoms with E-state index in [1.807, 2.05) is 39.0 Å². The molecule has 0 saturated carbocycles. The molecular formula is C18H20N2O3. The third kappa shape index (κ3) is 3.28. The van der Waals surface area contributed by atoms with Crippen molar-refractivity contribution in [2.45, 2.75) is 33.3 Å². The second-order valence-electron chi connectivity index (χ2n) is 5.66. The highest BCUT2D eigenvalue weighted by atomic mass is 16.5. The lowest BCUT2D eigenvalue weighted by Gasteiger charge is -2.13. The number of benzene rings is 1. The van der Waals surface area contributed by atoms with Gasteiger partial charge >= 0.3 is 0 Å². The summed E-state index contributed by atoms with van der Waals surface area (Å²) in [6.45, 7) is 6.36. The van der Waals surface area contributed by atoms with Gasteiger partial charge in [0.25, 0.3) is 5.91 Å². The number of hydrogen-bond donors (Lipinski definition) is 1. The van der Waals surface area contributed by atoms with Gasteiger partial charge in [-0.2, -0.15) is 0 Å². The molecule has 5 nitrogen and oxygen atoms in total. The summed E-state index contributed by atoms with van der Waals surface area (Å²) in [6, 6.07) is 7.35. The van der Waals surface area contributed by atoms with Crippen LogP contribution in [0.4, 0.5) is 5.69 Å². The summed E-state index contributed by atoms with van der Waals surface area (Å²) in [5.74, 6) is 1.25. The molecule has 0 bridgehead atoms. The molecule has 1 aromatic heterocycles. The summed E-state index contributed by atoms with van der Waals surface area (Å²) in [6.07, 6.45) is 2.56. The Hall–Kier alpha value is -2.56. The van der Waals surface area contributed by atoms with E-state index in [0.717, 1.165) is 23.4 Å². The minimum absolute atomic E-state index is 0.145. The lowest BCUT2D eigenvalue weighted by atomic mass is 10.1. The first-order valence-corrected chi connectivity index (χ1v) is 7.77. The summed E-state index contributed by atoms with van der Waals surface area (Å²) >= 11 is 0. The summed E-state index contributed by atoms with van der Waals surface area (Å²) in [7, 11) is 0. The molecule has 23 heavy (non-hydrogen) atoms. The molecule has 120 valence electrons. The third-order valence-electron chi connectivity index (χ3n) is 3.72. The third-order valence-corrected chi connectivity index (χ3v) is 3.72. The van der Waals surface area contributed by atoms with Crippen LogP contribution in [0.5, 0.6) is 11.5 Å². The Bertz CT molecular complexity index is 726. The van der Waals surface area contributed by atoms with Gasteiger partial charge in [0.1, 0.15) is 17.6 Å². The number of nitrogens with one attached hydrogen (secondary N) is 1. The van der Waals surface area contributed by atoms with Crippen LogP contribution in [0.1, 0.15) is 35.5 Å². The van der Waals surface area contributed by atoms with Gasteiger partial charge in [0, 0.05) is 29.9 Å². The van der Waals surface area contributed by atoms with E-state index in [4.69, 9.17) is 9.47 Å². The number of hydrogen-bond acceptors (Lipinski definition) is 4. The number of amides is 1. The smallest absolute Gasteiger partial charge is 0.257 e. The molecular weight excluding hydrogens is 292 g/mol. The van der Waals surface area contributed by atoms with Crippen molar-refractivity contribution in [2.75, 3.05) is 11.9 Å². The lowest BCUT2D eigenvalue weighted by molar-refractivity contribution is 0.102. The Kier molecular flexibility index (Phi) is 4.19. The van der Waals surface area contributed by atoms with Crippen molar-refractivity contribution < 1.29 is 14.3 Å². The highest BCUT2D eigenvalue weighted by Gasteiger charge is 2.22. The SMILES string of the molecule is CCOc1cc2c(cc1NC(=O)c1ccc(C)nc1)OC(C)C2. The zero-order valence-electron chi connectivity index (χ0n) is 13.6. The Morgan fingerprint density at radius 1 is 1.43 bits per heavy atom. The van der Waals surface area contributed by atoms with Crippen molar-refractivity contribution in [1.29, 1.82) is 0 Å². The molecule has 3 rings (SSSR count). The molecule has 0 saturated heterocycles. The molecule has 0 aliphatic carbocycles. The van der Waals surface area contributed by atoms with Crippen LogP contribution in [0.3, 0.4) is 0 Å². The molecule has 2 heterocycles. The van der Waals surface area contributed by atoms with Crippen LogP contribution >= 0.6 is 0 Å². The number of carbonyl (C=O) groups is 1. The maximum Gasteiger partial charge on any atom is 0.257 e. The largest absolute Gasteiger partial charge is 0.492 e. The zero-order valence-corrected chi connectivity index (χ0v) is 13.6. The fourth-order valence-electron chi connectivity index (χ4n) is 2.61. The Labute approximate surface area is 135 Å². The Morgan fingerprint density at radius 3 is 2.96 bits per heavy atom. The van der Waals surface area contributed by atoms with E-state index in [2.05, 4.69) is 10.3 Å². The fraction of sp³-hybridized carbons (Fsp3) is 0.333. The average molecular weight is 312 g/mol. The first kappa shape index (κ1) is 15.3. The summed E-state index contributed by atoms with van der Waals surface area (Å²) < 4.78 is 11.4. The van der Waals surface area contributed by atoms with Crippen LogP contribution in [-0.2, 0) is 6.42 Å². The van der Waals surface area contributed by atoms with Gasteiger partial charge < -0.3 is 14.8 Å². The summed E-state index contributed by atoms with van der Waals surface area (Å²) in [5, 5.41) is 2.89. The van der Waals surface area contributed by atoms with E-state index in [-0.39, 0.29) is 12.0 Å². The van der Waals surface area contributed by atoms with E-state index in [9.17, 15) is 4.79 Å². The van der Waals surface area contributed by atoms with Crippen LogP contribution in [0.25, 0.3) is 0 Å². The van der Waals surface area contributed by atoms with Crippen LogP contribution in [0.2, 0.25) is 0 Å². The number of nitrogens with zero attached hydrogens (tertiary/aromatic N) is 1. The molecule has 1 atom stereocenters. The second-order valence-corrected chi connectivity index (χ2v) is 5.66. The van der Waals surface area contributed by atoms with Gasteiger partial charge in [0.15, 0.2) is 0 Å². The monoisotopic (exact) mass is 312 g/mol. The molecule has 5 heteroatoms. The number of aryl methyl sites for hydroxylation is 1. The Morgan fingerprint density at radius 2 is 2.26 bits per heavy atom. The number of pyridine rings is 1. The van der Waals surface area contributed by atoms with Crippen LogP contribution in [0.15, 0.2) is 30.5 Å². The first-order chi connectivity index (χ1) is 11.1. The molecule has 1 aliphatic rings. The van der Waals surface area contributed by atoms with Gasteiger partial charge in [-0.1, -0.05) is 0 Å². The molecule has 1 amide bonds. The Balaban J connectivity index is 1.88. The molecule has 1 aromatic carbocycles. The number of rotatable bonds is 4. The maximum atomic E-state index is 12.4. The number of ether oxygens (including phenoxy) is 2. The molecule has 0 radical (unpaired) electrons. The molecule has 2 aromatic rings. The van der Waals surface area contributed by atoms with Crippen molar-refractivity contribution in [3.05, 3.63) is 47.3 Å². The fourth-order valence-corrected chi connectivity index (χ4v) is 2.61. The van der Waals surface area contributed by atoms with E-state index in [1.165, 1.54) is 0 Å². The van der Waals surface area contributed by atoms with Crippen molar-refractivity contribution in [3.8, 4) is 11.5 Å². The molecule has 1 aliphatic heterocycles. The van der Waals surface area contributed by atoms with Gasteiger partial charge in [-0.3, -0.25) is 9.78 Å². The standard InChI is InChI=1S/C18H20N2O3/c1-4-22-17-8-14-7-12(3)23-16(14)9-15(17)20-18(21)13-6-5-11(2)19-10-13/h5-6,8-10,12H,4,7H2,1-3H3,(H,20,21). The molecule has 0 fully saturated rings. The molecule has 1 unspecified atom stereocenters. The highest BCUT2D eigenvalue weighted by molar-refractivity contribution is 6.05. The lowest BCUT2D eigenvalue weighted by Crippen LogP contribution is -2.13. The highest BCUT2D eigenvalue weighted by Crippen LogP contribution is 2.38. The summed E-state index contributed by atoms with van der Waals surface area (Å²) in [4.78, 5) is 16.6. The van der Waals surface area contributed by atoms with Gasteiger partial charge in [0.05, 0.1) is 17.9 Å². The normalized spacial score (nSPS) is 15.7. The predicted octanol–water partition coefficient (Wildman–Crippen LogP) is 3.36. The first-order valence-electron chi connectivity index (χ1n) is 7.77. The number of fused-ring (bicyclic) bond motifs is 1. The summed E-state index contributed by atoms with van der Waals surface area (Å²) in [5.41, 5.74) is 3.10. The van der Waals surface area contributed by atoms with Gasteiger partial charge in [-0.15, -0.1) is 0 Å². The van der Waals surface area contributed by atoms with E-state index in [0.29, 0.717) is 23.6 Å². The van der Waals surface area contributed by atoms with Crippen molar-refractivity contribution in [1.82, 2.24) is 4.98 Å². The van der Waals surface area contributed by atoms with E-state index >= 15 is 0 Å². The van der Waals surface area contributed by atoms with Crippen molar-refractivity contribution in [3.63, 3.8) is 0 Å². The zero-order chi connectivity index (χ0) is 16.4. The number of aromatic nitrogens is 1. The van der Waals surface area contributed by atoms with Gasteiger partial charge in [0.2, 0.25) is 0 Å². The van der Waals surface area contributed by atoms with E-state index in [1.54, 1.807) is 12.3 Å².